The van der Waals surface area contributed by atoms with Gasteiger partial charge in [0.2, 0.25) is 65.0 Å². The minimum Gasteiger partial charge on any atom is -0.481 e. The number of rotatable bonds is 49. The number of nitrogens with one attached hydrogen (secondary N) is 11. The Hall–Kier alpha value is -7.86. The van der Waals surface area contributed by atoms with Gasteiger partial charge in [0, 0.05) is 19.3 Å². The van der Waals surface area contributed by atoms with Crippen molar-refractivity contribution in [1.82, 2.24) is 58.5 Å². The summed E-state index contributed by atoms with van der Waals surface area (Å²) in [5.41, 5.74) is 5.62. The Labute approximate surface area is 566 Å². The number of aliphatic hydroxyl groups excluding tert-OH is 1. The Kier molecular flexibility index (Phi) is 41.8. The maximum absolute atomic E-state index is 14.3. The van der Waals surface area contributed by atoms with Gasteiger partial charge in [0.05, 0.1) is 19.1 Å². The molecule has 0 aromatic carbocycles. The quantitative estimate of drug-likeness (QED) is 0.0306. The zero-order valence-electron chi connectivity index (χ0n) is 56.5. The molecule has 0 aliphatic carbocycles. The van der Waals surface area contributed by atoms with Crippen LogP contribution in [0.15, 0.2) is 0 Å². The van der Waals surface area contributed by atoms with E-state index in [0.29, 0.717) is 5.75 Å². The minimum atomic E-state index is -1.76. The first-order chi connectivity index (χ1) is 44.7. The van der Waals surface area contributed by atoms with E-state index in [-0.39, 0.29) is 49.7 Å². The molecule has 0 rings (SSSR count). The maximum atomic E-state index is 14.3. The number of amides is 11. The van der Waals surface area contributed by atoms with Crippen LogP contribution in [0, 0.1) is 29.6 Å². The van der Waals surface area contributed by atoms with Gasteiger partial charge in [0.15, 0.2) is 0 Å². The molecule has 0 aliphatic rings. The number of carboxylic acids is 5. The third-order valence-electron chi connectivity index (χ3n) is 14.8. The molecule has 0 spiro atoms. The molecule has 0 heterocycles. The van der Waals surface area contributed by atoms with Crippen LogP contribution in [-0.2, 0) is 76.7 Å². The van der Waals surface area contributed by atoms with Crippen molar-refractivity contribution in [2.24, 2.45) is 35.3 Å². The van der Waals surface area contributed by atoms with Gasteiger partial charge in [-0.25, -0.2) is 4.79 Å². The molecule has 0 bridgehead atoms. The number of nitrogens with two attached hydrogens (primary N) is 1. The molecular weight excluding hydrogens is 1300 g/mol. The molecule has 13 atom stereocenters. The van der Waals surface area contributed by atoms with Crippen molar-refractivity contribution < 1.29 is 107 Å². The molecule has 11 amide bonds. The number of carbonyl (C=O) groups is 16. The van der Waals surface area contributed by atoms with Crippen molar-refractivity contribution in [2.45, 2.75) is 219 Å². The third-order valence-corrected chi connectivity index (χ3v) is 16.1. The zero-order chi connectivity index (χ0) is 73.9. The molecule has 19 N–H and O–H groups in total. The number of aliphatic carboxylic acids is 5. The van der Waals surface area contributed by atoms with Crippen molar-refractivity contribution in [3.05, 3.63) is 0 Å². The highest BCUT2D eigenvalue weighted by Crippen LogP contribution is 2.16. The fraction of sp³-hybridized carbons (Fsp3) is 0.733. The van der Waals surface area contributed by atoms with E-state index in [1.165, 1.54) is 37.4 Å². The molecule has 0 saturated carbocycles. The lowest BCUT2D eigenvalue weighted by molar-refractivity contribution is -0.143. The molecule has 0 aromatic rings. The molecule has 0 fully saturated rings. The lowest BCUT2D eigenvalue weighted by atomic mass is 9.95. The van der Waals surface area contributed by atoms with Gasteiger partial charge in [0.1, 0.15) is 66.5 Å². The van der Waals surface area contributed by atoms with E-state index in [2.05, 4.69) is 58.5 Å². The first kappa shape index (κ1) is 88.1. The summed E-state index contributed by atoms with van der Waals surface area (Å²) in [7, 11) is 0. The van der Waals surface area contributed by atoms with E-state index >= 15 is 0 Å². The monoisotopic (exact) mass is 1410 g/mol. The first-order valence-electron chi connectivity index (χ1n) is 31.5. The maximum Gasteiger partial charge on any atom is 0.326 e. The number of thioether (sulfide) groups is 2. The molecular formula is C60H102N12O22S2. The summed E-state index contributed by atoms with van der Waals surface area (Å²) in [6.07, 6.45) is -0.972. The summed E-state index contributed by atoms with van der Waals surface area (Å²) in [6, 6.07) is -18.4. The number of carbonyl (C=O) groups excluding carboxylic acids is 11. The van der Waals surface area contributed by atoms with Crippen LogP contribution in [0.5, 0.6) is 0 Å². The molecule has 96 heavy (non-hydrogen) atoms. The van der Waals surface area contributed by atoms with Crippen LogP contribution in [0.25, 0.3) is 0 Å². The zero-order valence-corrected chi connectivity index (χ0v) is 58.2. The number of aliphatic hydroxyl groups is 1. The number of hydrogen-bond acceptors (Lipinski definition) is 20. The summed E-state index contributed by atoms with van der Waals surface area (Å²) in [6.45, 7) is 15.3. The molecule has 546 valence electrons. The summed E-state index contributed by atoms with van der Waals surface area (Å²) >= 11 is 2.60. The molecule has 36 heteroatoms. The second-order valence-electron chi connectivity index (χ2n) is 24.7. The smallest absolute Gasteiger partial charge is 0.326 e. The molecule has 0 unspecified atom stereocenters. The summed E-state index contributed by atoms with van der Waals surface area (Å²) in [4.78, 5) is 210. The highest BCUT2D eigenvalue weighted by molar-refractivity contribution is 7.98. The topological polar surface area (TPSA) is 553 Å². The predicted molar refractivity (Wildman–Crippen MR) is 351 cm³/mol. The van der Waals surface area contributed by atoms with E-state index < -0.39 is 237 Å². The van der Waals surface area contributed by atoms with E-state index in [4.69, 9.17) is 10.8 Å². The third kappa shape index (κ3) is 34.2. The second kappa shape index (κ2) is 45.6. The van der Waals surface area contributed by atoms with Crippen LogP contribution in [0.2, 0.25) is 0 Å². The lowest BCUT2D eigenvalue weighted by Crippen LogP contribution is -2.62. The highest BCUT2D eigenvalue weighted by atomic mass is 32.2. The van der Waals surface area contributed by atoms with Crippen molar-refractivity contribution in [1.29, 1.82) is 0 Å². The molecule has 0 aromatic heterocycles. The summed E-state index contributed by atoms with van der Waals surface area (Å²) in [5.74, 6) is -20.1. The van der Waals surface area contributed by atoms with Gasteiger partial charge in [-0.15, -0.1) is 0 Å². The van der Waals surface area contributed by atoms with Crippen LogP contribution < -0.4 is 64.2 Å². The Bertz CT molecular complexity index is 2670. The van der Waals surface area contributed by atoms with Crippen LogP contribution in [-0.4, -0.2) is 229 Å². The minimum absolute atomic E-state index is 0.0213. The first-order valence-corrected chi connectivity index (χ1v) is 34.3. The Morgan fingerprint density at radius 2 is 0.635 bits per heavy atom. The standard InChI is InChI=1S/C60H102N12O22S2/c1-13-32(10)48(59(92)65-35(15-18-43(76)77)51(84)66-38(60(93)94)21-23-96-12)72-58(91)47(31(8)9)71-55(88)40(25-29(4)5)67-56(89)41(27-73)69-52(85)37(20-22-95-11)64-54(87)39(24-28(2)3)68-57(90)46(30(6)7)70-53(86)36(16-19-44(78)79)63-50(83)34(14-17-42(74)75)62-49(82)33(61)26-45(80)81/h28-41,46-48,73H,13-27,61H2,1-12H3,(H,62,82)(H,63,83)(H,64,87)(H,65,92)(H,66,84)(H,67,89)(H,68,90)(H,69,85)(H,70,86)(H,71,88)(H,72,91)(H,74,75)(H,76,77)(H,78,79)(H,80,81)(H,93,94)/t32-,33-,34-,35-,36-,37-,38-,39-,40-,41-,46-,47-,48-/m0/s1. The molecule has 0 saturated heterocycles. The summed E-state index contributed by atoms with van der Waals surface area (Å²) in [5, 5.41) is 84.6. The van der Waals surface area contributed by atoms with Gasteiger partial charge in [-0.3, -0.25) is 71.9 Å². The molecule has 0 aliphatic heterocycles. The Morgan fingerprint density at radius 1 is 0.354 bits per heavy atom. The van der Waals surface area contributed by atoms with Crippen LogP contribution in [0.1, 0.15) is 146 Å². The van der Waals surface area contributed by atoms with Crippen molar-refractivity contribution in [2.75, 3.05) is 30.6 Å². The van der Waals surface area contributed by atoms with E-state index in [9.17, 15) is 102 Å². The SMILES string of the molecule is CC[C@H](C)[C@H](NC(=O)[C@@H](NC(=O)[C@H](CC(C)C)NC(=O)[C@H](CO)NC(=O)[C@H](CCSC)NC(=O)[C@H](CC(C)C)NC(=O)[C@@H](NC(=O)[C@H](CCC(=O)O)NC(=O)[C@H](CCC(=O)O)NC(=O)[C@@H](N)CC(=O)O)C(C)C)C(C)C)C(=O)N[C@@H](CCC(=O)O)C(=O)N[C@@H](CCSC)C(=O)O. The number of carboxylic acid groups (broad SMARTS) is 5. The largest absolute Gasteiger partial charge is 0.481 e. The molecule has 0 radical (unpaired) electrons. The Morgan fingerprint density at radius 3 is 0.990 bits per heavy atom. The van der Waals surface area contributed by atoms with E-state index in [1.807, 2.05) is 0 Å². The van der Waals surface area contributed by atoms with Crippen LogP contribution in [0.4, 0.5) is 0 Å². The summed E-state index contributed by atoms with van der Waals surface area (Å²) < 4.78 is 0. The van der Waals surface area contributed by atoms with Crippen LogP contribution >= 0.6 is 23.5 Å². The Balaban J connectivity index is 6.80. The van der Waals surface area contributed by atoms with Crippen LogP contribution in [0.3, 0.4) is 0 Å². The molecule has 34 nitrogen and oxygen atoms in total. The number of hydrogen-bond donors (Lipinski definition) is 18. The fourth-order valence-electron chi connectivity index (χ4n) is 9.17. The van der Waals surface area contributed by atoms with E-state index in [0.717, 1.165) is 0 Å². The normalized spacial score (nSPS) is 15.4. The predicted octanol–water partition coefficient (Wildman–Crippen LogP) is -2.25. The van der Waals surface area contributed by atoms with Gasteiger partial charge in [-0.05, 0) is 98.6 Å². The van der Waals surface area contributed by atoms with Gasteiger partial charge in [0.25, 0.3) is 0 Å². The second-order valence-corrected chi connectivity index (χ2v) is 26.6. The van der Waals surface area contributed by atoms with Crippen molar-refractivity contribution in [3.63, 3.8) is 0 Å². The van der Waals surface area contributed by atoms with Crippen molar-refractivity contribution >= 4 is 118 Å². The van der Waals surface area contributed by atoms with Gasteiger partial charge in [-0.2, -0.15) is 23.5 Å². The van der Waals surface area contributed by atoms with Gasteiger partial charge >= 0.3 is 29.8 Å². The van der Waals surface area contributed by atoms with Crippen molar-refractivity contribution in [3.8, 4) is 0 Å². The average Bonchev–Trinajstić information content (AvgIpc) is 1.06. The van der Waals surface area contributed by atoms with E-state index in [1.54, 1.807) is 67.9 Å². The fourth-order valence-corrected chi connectivity index (χ4v) is 10.1. The lowest BCUT2D eigenvalue weighted by Gasteiger charge is -2.31. The average molecular weight is 1410 g/mol. The van der Waals surface area contributed by atoms with Gasteiger partial charge in [-0.1, -0.05) is 75.7 Å². The van der Waals surface area contributed by atoms with Gasteiger partial charge < -0.3 is 94.9 Å². The highest BCUT2D eigenvalue weighted by Gasteiger charge is 2.39.